The van der Waals surface area contributed by atoms with Gasteiger partial charge in [0.15, 0.2) is 0 Å². The Kier molecular flexibility index (Phi) is 7.06. The Balaban J connectivity index is 0.00000106. The molecule has 2 unspecified atom stereocenters. The van der Waals surface area contributed by atoms with Gasteiger partial charge in [0.05, 0.1) is 13.7 Å². The molecule has 1 aliphatic rings. The first-order valence-corrected chi connectivity index (χ1v) is 7.67. The molecule has 1 fully saturated rings. The number of amides is 1. The van der Waals surface area contributed by atoms with E-state index in [0.717, 1.165) is 30.6 Å². The Bertz CT molecular complexity index is 459. The molecule has 0 radical (unpaired) electrons. The number of ether oxygens (including phenoxy) is 2. The van der Waals surface area contributed by atoms with E-state index in [4.69, 9.17) is 15.2 Å². The van der Waals surface area contributed by atoms with E-state index in [1.807, 2.05) is 19.9 Å². The molecule has 21 heavy (non-hydrogen) atoms. The maximum atomic E-state index is 10.6. The fourth-order valence-electron chi connectivity index (χ4n) is 2.88. The van der Waals surface area contributed by atoms with Crippen LogP contribution in [-0.2, 0) is 4.74 Å². The van der Waals surface area contributed by atoms with Gasteiger partial charge in [-0.05, 0) is 55.2 Å². The minimum atomic E-state index is -0.677. The van der Waals surface area contributed by atoms with E-state index in [1.165, 1.54) is 5.56 Å². The molecule has 0 aliphatic heterocycles. The molecule has 0 saturated heterocycles. The van der Waals surface area contributed by atoms with Gasteiger partial charge in [0.1, 0.15) is 5.75 Å². The summed E-state index contributed by atoms with van der Waals surface area (Å²) in [4.78, 5) is 10.6. The second-order valence-corrected chi connectivity index (χ2v) is 5.24. The van der Waals surface area contributed by atoms with E-state index in [1.54, 1.807) is 7.11 Å². The van der Waals surface area contributed by atoms with E-state index in [9.17, 15) is 4.79 Å². The number of carbonyl (C=O) groups is 1. The number of hydrogen-bond acceptors (Lipinski definition) is 3. The summed E-state index contributed by atoms with van der Waals surface area (Å²) < 4.78 is 10.2. The van der Waals surface area contributed by atoms with Crippen molar-refractivity contribution >= 4 is 6.09 Å². The molecule has 0 heterocycles. The molecule has 0 bridgehead atoms. The van der Waals surface area contributed by atoms with Gasteiger partial charge in [0.25, 0.3) is 0 Å². The highest BCUT2D eigenvalue weighted by Crippen LogP contribution is 2.39. The highest BCUT2D eigenvalue weighted by Gasteiger charge is 2.26. The summed E-state index contributed by atoms with van der Waals surface area (Å²) in [6.07, 6.45) is 2.60. The highest BCUT2D eigenvalue weighted by atomic mass is 16.5. The van der Waals surface area contributed by atoms with Crippen LogP contribution in [0.3, 0.4) is 0 Å². The van der Waals surface area contributed by atoms with Crippen LogP contribution in [0.1, 0.15) is 50.2 Å². The number of rotatable bonds is 4. The van der Waals surface area contributed by atoms with Crippen LogP contribution in [0.2, 0.25) is 0 Å². The molecule has 2 atom stereocenters. The average molecular weight is 293 g/mol. The van der Waals surface area contributed by atoms with Gasteiger partial charge >= 0.3 is 6.09 Å². The smallest absolute Gasteiger partial charge is 0.404 e. The zero-order valence-electron chi connectivity index (χ0n) is 13.5. The average Bonchev–Trinajstić information content (AvgIpc) is 2.96. The van der Waals surface area contributed by atoms with Gasteiger partial charge in [-0.3, -0.25) is 0 Å². The first-order valence-electron chi connectivity index (χ1n) is 7.67. The Morgan fingerprint density at radius 2 is 2.05 bits per heavy atom. The predicted octanol–water partition coefficient (Wildman–Crippen LogP) is 4.01. The van der Waals surface area contributed by atoms with Crippen LogP contribution in [0.4, 0.5) is 4.79 Å². The van der Waals surface area contributed by atoms with Gasteiger partial charge in [0, 0.05) is 0 Å². The quantitative estimate of drug-likeness (QED) is 0.912. The molecule has 1 aromatic carbocycles. The number of aryl methyl sites for hydroxylation is 1. The van der Waals surface area contributed by atoms with Crippen LogP contribution >= 0.6 is 0 Å². The standard InChI is InChI=1S/C15H21NO3.C2H6/c1-10-7-12(5-6-14(10)18-2)13-4-3-11(8-13)9-19-15(16)17;1-2/h5-7,11,13H,3-4,8-9H2,1-2H3,(H2,16,17);1-2H3. The van der Waals surface area contributed by atoms with Crippen molar-refractivity contribution in [1.29, 1.82) is 0 Å². The maximum Gasteiger partial charge on any atom is 0.404 e. The lowest BCUT2D eigenvalue weighted by molar-refractivity contribution is 0.137. The van der Waals surface area contributed by atoms with Crippen LogP contribution in [0.5, 0.6) is 5.75 Å². The van der Waals surface area contributed by atoms with Crippen molar-refractivity contribution in [1.82, 2.24) is 0 Å². The van der Waals surface area contributed by atoms with Crippen LogP contribution in [0.15, 0.2) is 18.2 Å². The molecule has 1 aliphatic carbocycles. The fraction of sp³-hybridized carbons (Fsp3) is 0.588. The molecule has 118 valence electrons. The number of primary amides is 1. The van der Waals surface area contributed by atoms with E-state index in [-0.39, 0.29) is 0 Å². The Labute approximate surface area is 127 Å². The third kappa shape index (κ3) is 4.96. The molecule has 1 amide bonds. The summed E-state index contributed by atoms with van der Waals surface area (Å²) in [6.45, 7) is 6.51. The minimum absolute atomic E-state index is 0.430. The molecule has 4 nitrogen and oxygen atoms in total. The summed E-state index contributed by atoms with van der Waals surface area (Å²) in [5.74, 6) is 1.90. The minimum Gasteiger partial charge on any atom is -0.496 e. The second kappa shape index (κ2) is 8.55. The molecular formula is C17H27NO3. The largest absolute Gasteiger partial charge is 0.496 e. The van der Waals surface area contributed by atoms with Crippen molar-refractivity contribution in [2.24, 2.45) is 11.7 Å². The lowest BCUT2D eigenvalue weighted by atomic mass is 9.95. The van der Waals surface area contributed by atoms with E-state index >= 15 is 0 Å². The van der Waals surface area contributed by atoms with Gasteiger partial charge in [-0.2, -0.15) is 0 Å². The number of nitrogens with two attached hydrogens (primary N) is 1. The predicted molar refractivity (Wildman–Crippen MR) is 84.7 cm³/mol. The first kappa shape index (κ1) is 17.3. The highest BCUT2D eigenvalue weighted by molar-refractivity contribution is 5.64. The summed E-state index contributed by atoms with van der Waals surface area (Å²) in [5.41, 5.74) is 7.50. The van der Waals surface area contributed by atoms with Crippen LogP contribution in [0.25, 0.3) is 0 Å². The number of methoxy groups -OCH3 is 1. The number of benzene rings is 1. The SMILES string of the molecule is CC.COc1ccc(C2CCC(COC(N)=O)C2)cc1C. The molecule has 4 heteroatoms. The summed E-state index contributed by atoms with van der Waals surface area (Å²) in [5, 5.41) is 0. The van der Waals surface area contributed by atoms with Crippen molar-refractivity contribution in [3.8, 4) is 5.75 Å². The molecule has 2 rings (SSSR count). The molecule has 1 saturated carbocycles. The van der Waals surface area contributed by atoms with Gasteiger partial charge < -0.3 is 15.2 Å². The normalized spacial score (nSPS) is 20.4. The second-order valence-electron chi connectivity index (χ2n) is 5.24. The topological polar surface area (TPSA) is 61.6 Å². The van der Waals surface area contributed by atoms with Gasteiger partial charge in [-0.25, -0.2) is 4.79 Å². The lowest BCUT2D eigenvalue weighted by Crippen LogP contribution is -2.17. The summed E-state index contributed by atoms with van der Waals surface area (Å²) >= 11 is 0. The van der Waals surface area contributed by atoms with Gasteiger partial charge in [-0.1, -0.05) is 26.0 Å². The Morgan fingerprint density at radius 1 is 1.33 bits per heavy atom. The van der Waals surface area contributed by atoms with Gasteiger partial charge in [0.2, 0.25) is 0 Å². The summed E-state index contributed by atoms with van der Waals surface area (Å²) in [6, 6.07) is 6.35. The van der Waals surface area contributed by atoms with E-state index < -0.39 is 6.09 Å². The fourth-order valence-corrected chi connectivity index (χ4v) is 2.88. The van der Waals surface area contributed by atoms with Crippen molar-refractivity contribution in [2.45, 2.75) is 46.0 Å². The molecule has 0 spiro atoms. The van der Waals surface area contributed by atoms with E-state index in [2.05, 4.69) is 19.1 Å². The Hall–Kier alpha value is -1.71. The van der Waals surface area contributed by atoms with Crippen molar-refractivity contribution in [3.63, 3.8) is 0 Å². The molecule has 1 aromatic rings. The van der Waals surface area contributed by atoms with Crippen LogP contribution < -0.4 is 10.5 Å². The zero-order chi connectivity index (χ0) is 15.8. The van der Waals surface area contributed by atoms with Crippen molar-refractivity contribution in [3.05, 3.63) is 29.3 Å². The molecule has 0 aromatic heterocycles. The molecular weight excluding hydrogens is 266 g/mol. The van der Waals surface area contributed by atoms with Crippen LogP contribution in [-0.4, -0.2) is 19.8 Å². The van der Waals surface area contributed by atoms with Crippen molar-refractivity contribution < 1.29 is 14.3 Å². The maximum absolute atomic E-state index is 10.6. The summed E-state index contributed by atoms with van der Waals surface area (Å²) in [7, 11) is 1.69. The molecule has 2 N–H and O–H groups in total. The third-order valence-electron chi connectivity index (χ3n) is 3.89. The van der Waals surface area contributed by atoms with Crippen molar-refractivity contribution in [2.75, 3.05) is 13.7 Å². The van der Waals surface area contributed by atoms with E-state index in [0.29, 0.717) is 18.4 Å². The first-order chi connectivity index (χ1) is 10.1. The lowest BCUT2D eigenvalue weighted by Gasteiger charge is -2.13. The number of carbonyl (C=O) groups excluding carboxylic acids is 1. The third-order valence-corrected chi connectivity index (χ3v) is 3.89. The van der Waals surface area contributed by atoms with Gasteiger partial charge in [-0.15, -0.1) is 0 Å². The Morgan fingerprint density at radius 3 is 2.62 bits per heavy atom. The zero-order valence-corrected chi connectivity index (χ0v) is 13.5. The monoisotopic (exact) mass is 293 g/mol. The number of hydrogen-bond donors (Lipinski definition) is 1. The van der Waals surface area contributed by atoms with Crippen LogP contribution in [0, 0.1) is 12.8 Å².